The van der Waals surface area contributed by atoms with Crippen molar-refractivity contribution in [2.75, 3.05) is 11.5 Å². The van der Waals surface area contributed by atoms with Crippen LogP contribution in [0.15, 0.2) is 23.4 Å². The molecular weight excluding hydrogens is 217 g/mol. The van der Waals surface area contributed by atoms with Crippen molar-refractivity contribution >= 4 is 16.5 Å². The minimum atomic E-state index is -4.46. The van der Waals surface area contributed by atoms with Crippen LogP contribution in [0.1, 0.15) is 0 Å². The number of nitrogens with two attached hydrogens (primary N) is 1. The van der Waals surface area contributed by atoms with E-state index in [1.165, 1.54) is 18.5 Å². The van der Waals surface area contributed by atoms with Crippen LogP contribution in [0.5, 0.6) is 0 Å². The fourth-order valence-corrected chi connectivity index (χ4v) is 1.81. The van der Waals surface area contributed by atoms with Gasteiger partial charge in [-0.05, 0) is 6.07 Å². The van der Waals surface area contributed by atoms with Gasteiger partial charge in [-0.1, -0.05) is 0 Å². The maximum absolute atomic E-state index is 11.9. The highest BCUT2D eigenvalue weighted by molar-refractivity contribution is 7.85. The molecule has 0 saturated carbocycles. The van der Waals surface area contributed by atoms with Crippen LogP contribution in [0, 0.1) is 0 Å². The molecule has 1 unspecified atom stereocenters. The van der Waals surface area contributed by atoms with E-state index in [1.807, 2.05) is 0 Å². The van der Waals surface area contributed by atoms with Crippen LogP contribution in [0.2, 0.25) is 0 Å². The predicted molar refractivity (Wildman–Crippen MR) is 46.0 cm³/mol. The summed E-state index contributed by atoms with van der Waals surface area (Å²) >= 11 is 0. The number of hydrogen-bond donors (Lipinski definition) is 1. The lowest BCUT2D eigenvalue weighted by Gasteiger charge is -2.07. The van der Waals surface area contributed by atoms with E-state index in [0.717, 1.165) is 0 Å². The summed E-state index contributed by atoms with van der Waals surface area (Å²) in [5.74, 6) is -1.39. The molecule has 0 aromatic carbocycles. The van der Waals surface area contributed by atoms with Gasteiger partial charge in [0.15, 0.2) is 0 Å². The van der Waals surface area contributed by atoms with Gasteiger partial charge in [-0.2, -0.15) is 13.2 Å². The Balaban J connectivity index is 2.86. The molecule has 0 fully saturated rings. The molecule has 78 valence electrons. The molecule has 7 heteroatoms. The standard InChI is InChI=1S/C7H7F3N2OS/c8-7(9,10)4-14(13)6-1-2-12-3-5(6)11/h1-3H,4,11H2. The lowest BCUT2D eigenvalue weighted by Crippen LogP contribution is -2.19. The number of nitrogens with zero attached hydrogens (tertiary/aromatic N) is 1. The largest absolute Gasteiger partial charge is 0.400 e. The summed E-state index contributed by atoms with van der Waals surface area (Å²) in [7, 11) is -2.15. The summed E-state index contributed by atoms with van der Waals surface area (Å²) < 4.78 is 46.8. The summed E-state index contributed by atoms with van der Waals surface area (Å²) in [6.07, 6.45) is -2.04. The molecule has 1 aromatic rings. The zero-order chi connectivity index (χ0) is 10.8. The summed E-state index contributed by atoms with van der Waals surface area (Å²) in [6.45, 7) is 0. The van der Waals surface area contributed by atoms with E-state index in [4.69, 9.17) is 5.73 Å². The van der Waals surface area contributed by atoms with E-state index in [9.17, 15) is 17.4 Å². The molecule has 0 aliphatic rings. The fourth-order valence-electron chi connectivity index (χ4n) is 0.828. The lowest BCUT2D eigenvalue weighted by atomic mass is 10.4. The molecule has 0 radical (unpaired) electrons. The van der Waals surface area contributed by atoms with Gasteiger partial charge in [-0.25, -0.2) is 0 Å². The summed E-state index contributed by atoms with van der Waals surface area (Å²) in [6, 6.07) is 1.22. The normalized spacial score (nSPS) is 13.9. The van der Waals surface area contributed by atoms with Crippen LogP contribution in [0.3, 0.4) is 0 Å². The first-order chi connectivity index (χ1) is 6.40. The molecule has 1 rings (SSSR count). The predicted octanol–water partition coefficient (Wildman–Crippen LogP) is 1.33. The minimum absolute atomic E-state index is 0.00934. The van der Waals surface area contributed by atoms with E-state index < -0.39 is 22.7 Å². The number of pyridine rings is 1. The van der Waals surface area contributed by atoms with Crippen LogP contribution < -0.4 is 5.73 Å². The lowest BCUT2D eigenvalue weighted by molar-refractivity contribution is -0.105. The van der Waals surface area contributed by atoms with Gasteiger partial charge in [-0.15, -0.1) is 0 Å². The van der Waals surface area contributed by atoms with Gasteiger partial charge in [0, 0.05) is 6.20 Å². The molecule has 0 spiro atoms. The Morgan fingerprint density at radius 1 is 1.50 bits per heavy atom. The third-order valence-corrected chi connectivity index (χ3v) is 2.80. The van der Waals surface area contributed by atoms with Gasteiger partial charge in [0.1, 0.15) is 5.75 Å². The molecule has 1 heterocycles. The summed E-state index contributed by atoms with van der Waals surface area (Å²) in [4.78, 5) is 3.55. The Labute approximate surface area is 80.6 Å². The Kier molecular flexibility index (Phi) is 3.10. The molecular formula is C7H7F3N2OS. The maximum atomic E-state index is 11.9. The van der Waals surface area contributed by atoms with Gasteiger partial charge in [-0.3, -0.25) is 9.19 Å². The number of alkyl halides is 3. The fraction of sp³-hybridized carbons (Fsp3) is 0.286. The maximum Gasteiger partial charge on any atom is 0.400 e. The molecule has 0 aliphatic heterocycles. The molecule has 0 amide bonds. The SMILES string of the molecule is Nc1cnccc1S(=O)CC(F)(F)F. The molecule has 2 N–H and O–H groups in total. The average Bonchev–Trinajstić information content (AvgIpc) is 2.01. The Morgan fingerprint density at radius 2 is 2.14 bits per heavy atom. The first-order valence-corrected chi connectivity index (χ1v) is 4.86. The monoisotopic (exact) mass is 224 g/mol. The second-order valence-corrected chi connectivity index (χ2v) is 3.94. The number of nitrogen functional groups attached to an aromatic ring is 1. The topological polar surface area (TPSA) is 56.0 Å². The zero-order valence-corrected chi connectivity index (χ0v) is 7.73. The number of hydrogen-bond acceptors (Lipinski definition) is 3. The minimum Gasteiger partial charge on any atom is -0.396 e. The Bertz CT molecular complexity index is 353. The van der Waals surface area contributed by atoms with Gasteiger partial charge >= 0.3 is 6.18 Å². The third kappa shape index (κ3) is 2.99. The van der Waals surface area contributed by atoms with Crippen LogP contribution in [-0.4, -0.2) is 21.1 Å². The van der Waals surface area contributed by atoms with Crippen LogP contribution in [0.4, 0.5) is 18.9 Å². The van der Waals surface area contributed by atoms with Crippen molar-refractivity contribution in [3.8, 4) is 0 Å². The molecule has 1 aromatic heterocycles. The van der Waals surface area contributed by atoms with Crippen LogP contribution in [0.25, 0.3) is 0 Å². The van der Waals surface area contributed by atoms with Gasteiger partial charge in [0.2, 0.25) is 0 Å². The van der Waals surface area contributed by atoms with Gasteiger partial charge in [0.05, 0.1) is 27.6 Å². The first-order valence-electron chi connectivity index (χ1n) is 3.55. The molecule has 0 bridgehead atoms. The number of anilines is 1. The third-order valence-electron chi connectivity index (χ3n) is 1.35. The first kappa shape index (κ1) is 11.0. The van der Waals surface area contributed by atoms with E-state index >= 15 is 0 Å². The highest BCUT2D eigenvalue weighted by atomic mass is 32.2. The van der Waals surface area contributed by atoms with Gasteiger partial charge < -0.3 is 5.73 Å². The van der Waals surface area contributed by atoms with Crippen molar-refractivity contribution in [3.63, 3.8) is 0 Å². The number of rotatable bonds is 2. The van der Waals surface area contributed by atoms with Crippen molar-refractivity contribution in [1.29, 1.82) is 0 Å². The average molecular weight is 224 g/mol. The van der Waals surface area contributed by atoms with Crippen molar-refractivity contribution in [1.82, 2.24) is 4.98 Å². The Morgan fingerprint density at radius 3 is 2.64 bits per heavy atom. The molecule has 1 atom stereocenters. The highest BCUT2D eigenvalue weighted by Gasteiger charge is 2.31. The molecule has 3 nitrogen and oxygen atoms in total. The van der Waals surface area contributed by atoms with Crippen molar-refractivity contribution in [2.24, 2.45) is 0 Å². The summed E-state index contributed by atoms with van der Waals surface area (Å²) in [5, 5.41) is 0. The second kappa shape index (κ2) is 3.95. The van der Waals surface area contributed by atoms with Gasteiger partial charge in [0.25, 0.3) is 0 Å². The van der Waals surface area contributed by atoms with E-state index in [2.05, 4.69) is 4.98 Å². The number of aromatic nitrogens is 1. The van der Waals surface area contributed by atoms with Crippen molar-refractivity contribution in [2.45, 2.75) is 11.1 Å². The second-order valence-electron chi connectivity index (χ2n) is 2.52. The number of halogens is 3. The smallest absolute Gasteiger partial charge is 0.396 e. The van der Waals surface area contributed by atoms with E-state index in [-0.39, 0.29) is 10.6 Å². The molecule has 0 saturated heterocycles. The molecule has 14 heavy (non-hydrogen) atoms. The highest BCUT2D eigenvalue weighted by Crippen LogP contribution is 2.22. The van der Waals surface area contributed by atoms with E-state index in [1.54, 1.807) is 0 Å². The quantitative estimate of drug-likeness (QED) is 0.824. The zero-order valence-electron chi connectivity index (χ0n) is 6.91. The van der Waals surface area contributed by atoms with E-state index in [0.29, 0.717) is 0 Å². The van der Waals surface area contributed by atoms with Crippen LogP contribution in [-0.2, 0) is 10.8 Å². The summed E-state index contributed by atoms with van der Waals surface area (Å²) in [5.41, 5.74) is 5.33. The van der Waals surface area contributed by atoms with Crippen molar-refractivity contribution in [3.05, 3.63) is 18.5 Å². The van der Waals surface area contributed by atoms with Crippen molar-refractivity contribution < 1.29 is 17.4 Å². The Hall–Kier alpha value is -1.11. The molecule has 0 aliphatic carbocycles. The van der Waals surface area contributed by atoms with Crippen LogP contribution >= 0.6 is 0 Å².